The summed E-state index contributed by atoms with van der Waals surface area (Å²) in [6.07, 6.45) is 0. The van der Waals surface area contributed by atoms with Gasteiger partial charge in [-0.1, -0.05) is 12.1 Å². The van der Waals surface area contributed by atoms with Crippen molar-refractivity contribution in [2.24, 2.45) is 16.5 Å². The Morgan fingerprint density at radius 3 is 1.69 bits per heavy atom. The lowest BCUT2D eigenvalue weighted by Crippen LogP contribution is -2.22. The van der Waals surface area contributed by atoms with Crippen LogP contribution in [-0.2, 0) is 0 Å². The van der Waals surface area contributed by atoms with E-state index in [1.807, 2.05) is 0 Å². The monoisotopic (exact) mass is 409 g/mol. The van der Waals surface area contributed by atoms with Crippen molar-refractivity contribution in [3.8, 4) is 0 Å². The van der Waals surface area contributed by atoms with E-state index < -0.39 is 14.9 Å². The molecule has 0 aliphatic heterocycles. The van der Waals surface area contributed by atoms with Crippen LogP contribution in [0.3, 0.4) is 0 Å². The van der Waals surface area contributed by atoms with E-state index in [0.717, 1.165) is 11.1 Å². The van der Waals surface area contributed by atoms with Crippen molar-refractivity contribution in [2.45, 2.75) is 13.8 Å². The topological polar surface area (TPSA) is 240 Å². The van der Waals surface area contributed by atoms with Gasteiger partial charge in [-0.2, -0.15) is 0 Å². The van der Waals surface area contributed by atoms with Gasteiger partial charge < -0.3 is 22.4 Å². The number of nitrogens with two attached hydrogens (primary N) is 3. The van der Waals surface area contributed by atoms with E-state index in [1.165, 1.54) is 24.3 Å². The minimum atomic E-state index is -1.50. The molecule has 0 amide bonds. The number of nitrogen functional groups attached to an aromatic ring is 1. The standard InChI is InChI=1S/C8H10N4O2.C7H8N2O2.HNO3/c1-5-2-3-6(12(13)14)4-7(5)11-8(9)10;1-5-2-3-6(9(10)11)4-7(5)8;2-1(3)4/h2-4H,1H3,(H4,9,10,11);2-4H,8H2,1H3;(H,2,3,4). The maximum atomic E-state index is 10.4. The molecular formula is C15H19N7O7. The van der Waals surface area contributed by atoms with Gasteiger partial charge in [-0.3, -0.25) is 20.2 Å². The van der Waals surface area contributed by atoms with Crippen LogP contribution < -0.4 is 17.2 Å². The Balaban J connectivity index is 0.000000466. The number of hydrogen-bond donors (Lipinski definition) is 4. The Morgan fingerprint density at radius 2 is 1.31 bits per heavy atom. The maximum Gasteiger partial charge on any atom is 0.291 e. The number of nitrogens with zero attached hydrogens (tertiary/aromatic N) is 4. The van der Waals surface area contributed by atoms with Crippen LogP contribution in [0.5, 0.6) is 0 Å². The molecule has 0 aromatic heterocycles. The Kier molecular flexibility index (Phi) is 9.53. The SMILES string of the molecule is Cc1ccc([N+](=O)[O-])cc1N.Cc1ccc([N+](=O)[O-])cc1N=C(N)N.O=[N+]([O-])O. The molecule has 0 heterocycles. The van der Waals surface area contributed by atoms with Crippen LogP contribution in [0.2, 0.25) is 0 Å². The van der Waals surface area contributed by atoms with Gasteiger partial charge in [0, 0.05) is 30.0 Å². The maximum absolute atomic E-state index is 10.4. The molecule has 0 saturated heterocycles. The molecule has 2 rings (SSSR count). The van der Waals surface area contributed by atoms with E-state index in [2.05, 4.69) is 4.99 Å². The number of guanidine groups is 1. The van der Waals surface area contributed by atoms with Gasteiger partial charge in [-0.05, 0) is 25.0 Å². The van der Waals surface area contributed by atoms with Gasteiger partial charge in [0.05, 0.1) is 15.5 Å². The third-order valence-corrected chi connectivity index (χ3v) is 3.13. The second-order valence-electron chi connectivity index (χ2n) is 5.30. The second-order valence-corrected chi connectivity index (χ2v) is 5.30. The van der Waals surface area contributed by atoms with E-state index in [0.29, 0.717) is 11.4 Å². The van der Waals surface area contributed by atoms with Crippen LogP contribution in [0.4, 0.5) is 22.7 Å². The Labute approximate surface area is 163 Å². The van der Waals surface area contributed by atoms with Crippen molar-refractivity contribution >= 4 is 28.7 Å². The highest BCUT2D eigenvalue weighted by atomic mass is 16.9. The van der Waals surface area contributed by atoms with E-state index in [9.17, 15) is 20.2 Å². The molecule has 156 valence electrons. The molecule has 2 aromatic rings. The van der Waals surface area contributed by atoms with E-state index >= 15 is 0 Å². The van der Waals surface area contributed by atoms with Crippen molar-refractivity contribution in [2.75, 3.05) is 5.73 Å². The highest BCUT2D eigenvalue weighted by Gasteiger charge is 2.08. The lowest BCUT2D eigenvalue weighted by atomic mass is 10.2. The van der Waals surface area contributed by atoms with Crippen LogP contribution in [0.15, 0.2) is 41.4 Å². The zero-order valence-corrected chi connectivity index (χ0v) is 15.4. The molecule has 0 bridgehead atoms. The molecule has 0 saturated carbocycles. The molecule has 29 heavy (non-hydrogen) atoms. The lowest BCUT2D eigenvalue weighted by molar-refractivity contribution is -0.742. The fraction of sp³-hybridized carbons (Fsp3) is 0.133. The van der Waals surface area contributed by atoms with Gasteiger partial charge in [-0.25, -0.2) is 4.99 Å². The summed E-state index contributed by atoms with van der Waals surface area (Å²) in [7, 11) is 0. The first-order valence-corrected chi connectivity index (χ1v) is 7.53. The Hall–Kier alpha value is -4.49. The third kappa shape index (κ3) is 9.69. The summed E-state index contributed by atoms with van der Waals surface area (Å²) in [6, 6.07) is 8.75. The molecule has 0 aliphatic carbocycles. The molecule has 0 atom stereocenters. The summed E-state index contributed by atoms with van der Waals surface area (Å²) < 4.78 is 0. The zero-order valence-electron chi connectivity index (χ0n) is 15.4. The van der Waals surface area contributed by atoms with Gasteiger partial charge in [0.1, 0.15) is 0 Å². The van der Waals surface area contributed by atoms with Crippen molar-refractivity contribution in [3.63, 3.8) is 0 Å². The van der Waals surface area contributed by atoms with Crippen molar-refractivity contribution in [3.05, 3.63) is 77.9 Å². The van der Waals surface area contributed by atoms with Crippen molar-refractivity contribution in [1.82, 2.24) is 0 Å². The molecule has 2 aromatic carbocycles. The average Bonchev–Trinajstić information content (AvgIpc) is 2.58. The summed E-state index contributed by atoms with van der Waals surface area (Å²) in [6.45, 7) is 3.57. The predicted octanol–water partition coefficient (Wildman–Crippen LogP) is 1.95. The van der Waals surface area contributed by atoms with Gasteiger partial charge in [0.15, 0.2) is 5.96 Å². The summed E-state index contributed by atoms with van der Waals surface area (Å²) in [4.78, 5) is 31.8. The van der Waals surface area contributed by atoms with Gasteiger partial charge in [0.2, 0.25) is 0 Å². The number of benzene rings is 2. The van der Waals surface area contributed by atoms with Gasteiger partial charge in [-0.15, -0.1) is 10.1 Å². The summed E-state index contributed by atoms with van der Waals surface area (Å²) in [5.74, 6) is -0.117. The number of non-ortho nitro benzene ring substituents is 2. The van der Waals surface area contributed by atoms with Crippen LogP contribution in [0.25, 0.3) is 0 Å². The van der Waals surface area contributed by atoms with E-state index in [4.69, 9.17) is 32.5 Å². The van der Waals surface area contributed by atoms with Crippen LogP contribution in [0.1, 0.15) is 11.1 Å². The fourth-order valence-electron chi connectivity index (χ4n) is 1.71. The number of nitro benzene ring substituents is 2. The molecule has 14 heteroatoms. The molecule has 7 N–H and O–H groups in total. The first-order valence-electron chi connectivity index (χ1n) is 7.53. The smallest absolute Gasteiger partial charge is 0.291 e. The Morgan fingerprint density at radius 1 is 0.897 bits per heavy atom. The summed E-state index contributed by atoms with van der Waals surface area (Å²) in [5.41, 5.74) is 18.3. The van der Waals surface area contributed by atoms with Gasteiger partial charge in [0.25, 0.3) is 16.5 Å². The summed E-state index contributed by atoms with van der Waals surface area (Å²) >= 11 is 0. The fourth-order valence-corrected chi connectivity index (χ4v) is 1.71. The van der Waals surface area contributed by atoms with E-state index in [1.54, 1.807) is 26.0 Å². The molecule has 0 aliphatic rings. The third-order valence-electron chi connectivity index (χ3n) is 3.13. The van der Waals surface area contributed by atoms with E-state index in [-0.39, 0.29) is 17.3 Å². The van der Waals surface area contributed by atoms with Crippen LogP contribution >= 0.6 is 0 Å². The van der Waals surface area contributed by atoms with Crippen LogP contribution in [-0.4, -0.2) is 26.1 Å². The average molecular weight is 409 g/mol. The molecular weight excluding hydrogens is 390 g/mol. The highest BCUT2D eigenvalue weighted by Crippen LogP contribution is 2.24. The normalized spacial score (nSPS) is 9.03. The molecule has 0 unspecified atom stereocenters. The molecule has 0 fully saturated rings. The van der Waals surface area contributed by atoms with Crippen molar-refractivity contribution < 1.29 is 20.1 Å². The minimum Gasteiger partial charge on any atom is -0.398 e. The minimum absolute atomic E-state index is 0.0319. The number of aryl methyl sites for hydroxylation is 2. The van der Waals surface area contributed by atoms with Crippen LogP contribution in [0, 0.1) is 44.2 Å². The molecule has 0 radical (unpaired) electrons. The molecule has 14 nitrogen and oxygen atoms in total. The largest absolute Gasteiger partial charge is 0.398 e. The number of anilines is 1. The Bertz CT molecular complexity index is 923. The quantitative estimate of drug-likeness (QED) is 0.189. The lowest BCUT2D eigenvalue weighted by Gasteiger charge is -1.99. The zero-order chi connectivity index (χ0) is 22.7. The first kappa shape index (κ1) is 24.5. The number of hydrogen-bond acceptors (Lipinski definition) is 8. The predicted molar refractivity (Wildman–Crippen MR) is 104 cm³/mol. The number of aliphatic imine (C=N–C) groups is 1. The first-order chi connectivity index (χ1) is 13.3. The summed E-state index contributed by atoms with van der Waals surface area (Å²) in [5, 5.41) is 34.3. The number of nitro groups is 2. The van der Waals surface area contributed by atoms with Crippen molar-refractivity contribution in [1.29, 1.82) is 0 Å². The highest BCUT2D eigenvalue weighted by molar-refractivity contribution is 5.79. The second kappa shape index (κ2) is 11.3. The number of rotatable bonds is 3. The van der Waals surface area contributed by atoms with Gasteiger partial charge >= 0.3 is 0 Å². The molecule has 0 spiro atoms.